The molecular weight excluding hydrogens is 358 g/mol. The Morgan fingerprint density at radius 3 is 2.79 bits per heavy atom. The van der Waals surface area contributed by atoms with Crippen LogP contribution < -0.4 is 10.1 Å². The van der Waals surface area contributed by atoms with E-state index in [2.05, 4.69) is 20.7 Å². The van der Waals surface area contributed by atoms with Crippen molar-refractivity contribution in [2.75, 3.05) is 0 Å². The molecule has 1 aromatic carbocycles. The highest BCUT2D eigenvalue weighted by Gasteiger charge is 2.15. The van der Waals surface area contributed by atoms with E-state index in [1.54, 1.807) is 18.2 Å². The second-order valence-corrected chi connectivity index (χ2v) is 6.32. The van der Waals surface area contributed by atoms with Crippen molar-refractivity contribution in [3.63, 3.8) is 0 Å². The van der Waals surface area contributed by atoms with Crippen molar-refractivity contribution in [2.45, 2.75) is 27.0 Å². The monoisotopic (exact) mass is 377 g/mol. The number of aromatic nitrogens is 4. The minimum atomic E-state index is -0.248. The van der Waals surface area contributed by atoms with Gasteiger partial charge in [-0.15, -0.1) is 10.2 Å². The van der Waals surface area contributed by atoms with E-state index in [0.29, 0.717) is 22.9 Å². The third-order valence-electron chi connectivity index (χ3n) is 4.48. The van der Waals surface area contributed by atoms with Crippen LogP contribution in [-0.2, 0) is 13.2 Å². The molecular formula is C20H19N5O3. The zero-order valence-corrected chi connectivity index (χ0v) is 15.5. The van der Waals surface area contributed by atoms with Gasteiger partial charge in [-0.05, 0) is 38.1 Å². The standard InChI is InChI=1S/C20H19N5O3/c1-13-16(14(2)28-24-13)12-27-17-8-4-3-7-15(17)20(26)21-11-19-23-22-18-9-5-6-10-25(18)19/h3-10H,11-12H2,1-2H3,(H,21,26). The first-order valence-corrected chi connectivity index (χ1v) is 8.84. The zero-order chi connectivity index (χ0) is 19.5. The molecule has 4 rings (SSSR count). The van der Waals surface area contributed by atoms with Crippen LogP contribution in [0.4, 0.5) is 0 Å². The number of hydrogen-bond donors (Lipinski definition) is 1. The van der Waals surface area contributed by atoms with Crippen molar-refractivity contribution in [2.24, 2.45) is 0 Å². The molecule has 4 aromatic rings. The summed E-state index contributed by atoms with van der Waals surface area (Å²) in [5, 5.41) is 15.0. The molecule has 0 radical (unpaired) electrons. The number of fused-ring (bicyclic) bond motifs is 1. The number of hydrogen-bond acceptors (Lipinski definition) is 6. The molecule has 0 aliphatic heterocycles. The largest absolute Gasteiger partial charge is 0.488 e. The Balaban J connectivity index is 1.47. The van der Waals surface area contributed by atoms with Gasteiger partial charge in [0.1, 0.15) is 18.1 Å². The molecule has 0 atom stereocenters. The van der Waals surface area contributed by atoms with Crippen LogP contribution in [0.5, 0.6) is 5.75 Å². The third-order valence-corrected chi connectivity index (χ3v) is 4.48. The second kappa shape index (κ2) is 7.51. The fourth-order valence-corrected chi connectivity index (χ4v) is 2.90. The summed E-state index contributed by atoms with van der Waals surface area (Å²) in [4.78, 5) is 12.7. The number of nitrogens with one attached hydrogen (secondary N) is 1. The average molecular weight is 377 g/mol. The van der Waals surface area contributed by atoms with Crippen LogP contribution in [-0.4, -0.2) is 25.7 Å². The van der Waals surface area contributed by atoms with E-state index in [1.165, 1.54) is 0 Å². The fourth-order valence-electron chi connectivity index (χ4n) is 2.90. The molecule has 1 N–H and O–H groups in total. The second-order valence-electron chi connectivity index (χ2n) is 6.32. The van der Waals surface area contributed by atoms with E-state index < -0.39 is 0 Å². The van der Waals surface area contributed by atoms with E-state index in [-0.39, 0.29) is 19.1 Å². The van der Waals surface area contributed by atoms with Crippen LogP contribution >= 0.6 is 0 Å². The molecule has 0 bridgehead atoms. The predicted molar refractivity (Wildman–Crippen MR) is 101 cm³/mol. The Bertz CT molecular complexity index is 1110. The van der Waals surface area contributed by atoms with E-state index in [9.17, 15) is 4.79 Å². The SMILES string of the molecule is Cc1noc(C)c1COc1ccccc1C(=O)NCc1nnc2ccccn12. The van der Waals surface area contributed by atoms with Crippen LogP contribution in [0, 0.1) is 13.8 Å². The van der Waals surface area contributed by atoms with E-state index in [4.69, 9.17) is 9.26 Å². The third kappa shape index (κ3) is 3.44. The normalized spacial score (nSPS) is 10.9. The molecule has 1 amide bonds. The van der Waals surface area contributed by atoms with Gasteiger partial charge in [-0.2, -0.15) is 0 Å². The molecule has 0 saturated carbocycles. The van der Waals surface area contributed by atoms with Crippen molar-refractivity contribution in [3.05, 3.63) is 77.1 Å². The Morgan fingerprint density at radius 2 is 1.96 bits per heavy atom. The van der Waals surface area contributed by atoms with Crippen LogP contribution in [0.15, 0.2) is 53.2 Å². The molecule has 28 heavy (non-hydrogen) atoms. The number of aryl methyl sites for hydroxylation is 2. The summed E-state index contributed by atoms with van der Waals surface area (Å²) in [6.07, 6.45) is 1.86. The highest BCUT2D eigenvalue weighted by Crippen LogP contribution is 2.21. The molecule has 3 aromatic heterocycles. The predicted octanol–water partition coefficient (Wildman–Crippen LogP) is 2.84. The number of nitrogens with zero attached hydrogens (tertiary/aromatic N) is 4. The summed E-state index contributed by atoms with van der Waals surface area (Å²) in [6, 6.07) is 12.7. The summed E-state index contributed by atoms with van der Waals surface area (Å²) < 4.78 is 12.9. The van der Waals surface area contributed by atoms with Crippen LogP contribution in [0.1, 0.15) is 33.2 Å². The lowest BCUT2D eigenvalue weighted by atomic mass is 10.2. The number of amides is 1. The molecule has 0 unspecified atom stereocenters. The quantitative estimate of drug-likeness (QED) is 0.555. The lowest BCUT2D eigenvalue weighted by molar-refractivity contribution is 0.0945. The number of carbonyl (C=O) groups is 1. The summed E-state index contributed by atoms with van der Waals surface area (Å²) in [5.41, 5.74) is 2.83. The highest BCUT2D eigenvalue weighted by atomic mass is 16.5. The topological polar surface area (TPSA) is 94.5 Å². The summed E-state index contributed by atoms with van der Waals surface area (Å²) in [5.74, 6) is 1.60. The Kier molecular flexibility index (Phi) is 4.76. The number of pyridine rings is 1. The molecule has 3 heterocycles. The molecule has 0 aliphatic carbocycles. The van der Waals surface area contributed by atoms with E-state index in [1.807, 2.05) is 48.7 Å². The summed E-state index contributed by atoms with van der Waals surface area (Å²) >= 11 is 0. The maximum atomic E-state index is 12.7. The molecule has 0 spiro atoms. The molecule has 0 aliphatic rings. The minimum absolute atomic E-state index is 0.248. The van der Waals surface area contributed by atoms with Crippen molar-refractivity contribution in [1.29, 1.82) is 0 Å². The van der Waals surface area contributed by atoms with Crippen molar-refractivity contribution >= 4 is 11.6 Å². The van der Waals surface area contributed by atoms with Gasteiger partial charge in [-0.1, -0.05) is 23.4 Å². The number of carbonyl (C=O) groups excluding carboxylic acids is 1. The van der Waals surface area contributed by atoms with Gasteiger partial charge >= 0.3 is 0 Å². The van der Waals surface area contributed by atoms with Crippen molar-refractivity contribution in [3.8, 4) is 5.75 Å². The van der Waals surface area contributed by atoms with E-state index >= 15 is 0 Å². The minimum Gasteiger partial charge on any atom is -0.488 e. The Hall–Kier alpha value is -3.68. The number of benzene rings is 1. The van der Waals surface area contributed by atoms with Crippen LogP contribution in [0.25, 0.3) is 5.65 Å². The molecule has 0 fully saturated rings. The van der Waals surface area contributed by atoms with Crippen molar-refractivity contribution in [1.82, 2.24) is 25.1 Å². The first-order chi connectivity index (χ1) is 13.6. The smallest absolute Gasteiger partial charge is 0.255 e. The highest BCUT2D eigenvalue weighted by molar-refractivity contribution is 5.96. The lowest BCUT2D eigenvalue weighted by Crippen LogP contribution is -2.24. The number of para-hydroxylation sites is 1. The summed E-state index contributed by atoms with van der Waals surface area (Å²) in [6.45, 7) is 4.22. The first kappa shape index (κ1) is 17.7. The zero-order valence-electron chi connectivity index (χ0n) is 15.5. The van der Waals surface area contributed by atoms with Gasteiger partial charge in [0.25, 0.3) is 5.91 Å². The van der Waals surface area contributed by atoms with Gasteiger partial charge in [0.15, 0.2) is 11.5 Å². The van der Waals surface area contributed by atoms with Gasteiger partial charge in [-0.3, -0.25) is 9.20 Å². The molecule has 142 valence electrons. The molecule has 0 saturated heterocycles. The fraction of sp³-hybridized carbons (Fsp3) is 0.200. The number of rotatable bonds is 6. The average Bonchev–Trinajstić information content (AvgIpc) is 3.28. The van der Waals surface area contributed by atoms with Crippen LogP contribution in [0.2, 0.25) is 0 Å². The maximum absolute atomic E-state index is 12.7. The van der Waals surface area contributed by atoms with Gasteiger partial charge in [0.05, 0.1) is 23.4 Å². The lowest BCUT2D eigenvalue weighted by Gasteiger charge is -2.11. The summed E-state index contributed by atoms with van der Waals surface area (Å²) in [7, 11) is 0. The molecule has 8 heteroatoms. The Morgan fingerprint density at radius 1 is 1.14 bits per heavy atom. The van der Waals surface area contributed by atoms with Gasteiger partial charge < -0.3 is 14.6 Å². The first-order valence-electron chi connectivity index (χ1n) is 8.84. The Labute approximate surface area is 161 Å². The molecule has 8 nitrogen and oxygen atoms in total. The van der Waals surface area contributed by atoms with Gasteiger partial charge in [0, 0.05) is 6.20 Å². The maximum Gasteiger partial charge on any atom is 0.255 e. The van der Waals surface area contributed by atoms with Gasteiger partial charge in [0.2, 0.25) is 0 Å². The van der Waals surface area contributed by atoms with Crippen LogP contribution in [0.3, 0.4) is 0 Å². The van der Waals surface area contributed by atoms with Crippen molar-refractivity contribution < 1.29 is 14.1 Å². The van der Waals surface area contributed by atoms with E-state index in [0.717, 1.165) is 16.9 Å². The number of ether oxygens (including phenoxy) is 1. The van der Waals surface area contributed by atoms with Gasteiger partial charge in [-0.25, -0.2) is 0 Å².